The second kappa shape index (κ2) is 7.49. The number of nitrogens with one attached hydrogen (secondary N) is 1. The molecule has 8 heteroatoms. The number of fused-ring (bicyclic) bond motifs is 1. The highest BCUT2D eigenvalue weighted by Gasteiger charge is 2.27. The van der Waals surface area contributed by atoms with Crippen LogP contribution in [0.5, 0.6) is 0 Å². The number of likely N-dealkylation sites (tertiary alicyclic amines) is 1. The Hall–Kier alpha value is -0.660. The van der Waals surface area contributed by atoms with E-state index in [4.69, 9.17) is 11.6 Å². The molecule has 23 heavy (non-hydrogen) atoms. The minimum Gasteiger partial charge on any atom is -0.312 e. The van der Waals surface area contributed by atoms with Gasteiger partial charge >= 0.3 is 0 Å². The number of thiophene rings is 1. The lowest BCUT2D eigenvalue weighted by atomic mass is 9.95. The molecule has 1 saturated heterocycles. The molecule has 0 amide bonds. The second-order valence-electron chi connectivity index (χ2n) is 6.07. The van der Waals surface area contributed by atoms with Crippen LogP contribution in [0.15, 0.2) is 11.4 Å². The lowest BCUT2D eigenvalue weighted by Crippen LogP contribution is -2.34. The van der Waals surface area contributed by atoms with Gasteiger partial charge < -0.3 is 9.88 Å². The summed E-state index contributed by atoms with van der Waals surface area (Å²) in [6.07, 6.45) is 2.32. The van der Waals surface area contributed by atoms with E-state index in [0.29, 0.717) is 5.92 Å². The van der Waals surface area contributed by atoms with Gasteiger partial charge in [-0.1, -0.05) is 11.6 Å². The molecule has 0 radical (unpaired) electrons. The zero-order chi connectivity index (χ0) is 14.9. The fraction of sp³-hybridized carbons (Fsp3) is 0.600. The zero-order valence-corrected chi connectivity index (χ0v) is 15.3. The van der Waals surface area contributed by atoms with E-state index in [0.717, 1.165) is 62.3 Å². The van der Waals surface area contributed by atoms with Crippen LogP contribution in [-0.4, -0.2) is 39.3 Å². The molecule has 5 nitrogen and oxygen atoms in total. The highest BCUT2D eigenvalue weighted by Crippen LogP contribution is 2.30. The fourth-order valence-electron chi connectivity index (χ4n) is 3.44. The average molecular weight is 374 g/mol. The molecule has 1 N–H and O–H groups in total. The van der Waals surface area contributed by atoms with Gasteiger partial charge in [0, 0.05) is 25.6 Å². The van der Waals surface area contributed by atoms with Gasteiger partial charge in [0.2, 0.25) is 0 Å². The number of halogens is 2. The quantitative estimate of drug-likeness (QED) is 0.898. The minimum absolute atomic E-state index is 0. The summed E-state index contributed by atoms with van der Waals surface area (Å²) in [6, 6.07) is 2.14. The monoisotopic (exact) mass is 373 g/mol. The molecule has 4 rings (SSSR count). The van der Waals surface area contributed by atoms with Crippen LogP contribution >= 0.6 is 35.3 Å². The number of nitrogens with zero attached hydrogens (tertiary/aromatic N) is 4. The van der Waals surface area contributed by atoms with Gasteiger partial charge in [0.25, 0.3) is 0 Å². The maximum absolute atomic E-state index is 6.21. The number of hydrogen-bond acceptors (Lipinski definition) is 5. The van der Waals surface area contributed by atoms with Crippen LogP contribution in [0, 0.1) is 0 Å². The zero-order valence-electron chi connectivity index (χ0n) is 12.9. The topological polar surface area (TPSA) is 46.0 Å². The Labute approximate surface area is 151 Å². The molecule has 2 aromatic heterocycles. The molecule has 1 fully saturated rings. The van der Waals surface area contributed by atoms with E-state index in [-0.39, 0.29) is 12.4 Å². The van der Waals surface area contributed by atoms with Gasteiger partial charge in [0.05, 0.1) is 10.9 Å². The van der Waals surface area contributed by atoms with Gasteiger partial charge in [-0.15, -0.1) is 33.9 Å². The number of aromatic nitrogens is 3. The number of hydrogen-bond donors (Lipinski definition) is 1. The van der Waals surface area contributed by atoms with Crippen LogP contribution in [0.3, 0.4) is 0 Å². The third-order valence-electron chi connectivity index (χ3n) is 4.69. The summed E-state index contributed by atoms with van der Waals surface area (Å²) in [5.74, 6) is 2.84. The van der Waals surface area contributed by atoms with Gasteiger partial charge in [0.15, 0.2) is 0 Å². The predicted molar refractivity (Wildman–Crippen MR) is 95.6 cm³/mol. The Kier molecular flexibility index (Phi) is 5.59. The largest absolute Gasteiger partial charge is 0.312 e. The molecule has 0 saturated carbocycles. The maximum Gasteiger partial charge on any atom is 0.147 e. The standard InChI is InChI=1S/C15H20ClN5S.ClH/c16-14-12(3-8-22-14)10-20-5-1-11(2-6-20)15-19-18-13-9-17-4-7-21(13)15;/h3,8,11,17H,1-2,4-7,9-10H2;1H. The molecule has 0 spiro atoms. The highest BCUT2D eigenvalue weighted by atomic mass is 35.5. The molecule has 2 aliphatic heterocycles. The van der Waals surface area contributed by atoms with E-state index in [2.05, 4.69) is 36.4 Å². The molecule has 0 aromatic carbocycles. The van der Waals surface area contributed by atoms with Crippen molar-refractivity contribution >= 4 is 35.3 Å². The molecule has 0 bridgehead atoms. The first-order valence-corrected chi connectivity index (χ1v) is 9.14. The van der Waals surface area contributed by atoms with Crippen molar-refractivity contribution in [1.82, 2.24) is 25.0 Å². The van der Waals surface area contributed by atoms with Crippen LogP contribution in [-0.2, 0) is 19.6 Å². The van der Waals surface area contributed by atoms with Gasteiger partial charge in [-0.2, -0.15) is 0 Å². The molecule has 0 atom stereocenters. The van der Waals surface area contributed by atoms with E-state index < -0.39 is 0 Å². The summed E-state index contributed by atoms with van der Waals surface area (Å²) in [6.45, 7) is 6.06. The van der Waals surface area contributed by atoms with Crippen molar-refractivity contribution in [2.24, 2.45) is 0 Å². The molecular formula is C15H21Cl2N5S. The van der Waals surface area contributed by atoms with Gasteiger partial charge in [-0.25, -0.2) is 0 Å². The smallest absolute Gasteiger partial charge is 0.147 e. The van der Waals surface area contributed by atoms with Crippen LogP contribution < -0.4 is 5.32 Å². The average Bonchev–Trinajstić information content (AvgIpc) is 3.15. The summed E-state index contributed by atoms with van der Waals surface area (Å²) in [4.78, 5) is 2.50. The highest BCUT2D eigenvalue weighted by molar-refractivity contribution is 7.14. The Morgan fingerprint density at radius 3 is 2.83 bits per heavy atom. The van der Waals surface area contributed by atoms with Gasteiger partial charge in [0.1, 0.15) is 11.6 Å². The molecule has 2 aromatic rings. The van der Waals surface area contributed by atoms with E-state index in [1.807, 2.05) is 0 Å². The first kappa shape index (κ1) is 17.2. The Morgan fingerprint density at radius 1 is 1.26 bits per heavy atom. The van der Waals surface area contributed by atoms with E-state index >= 15 is 0 Å². The summed E-state index contributed by atoms with van der Waals surface area (Å²) in [5.41, 5.74) is 1.26. The number of piperidine rings is 1. The second-order valence-corrected chi connectivity index (χ2v) is 7.59. The molecule has 4 heterocycles. The Balaban J connectivity index is 0.00000156. The summed E-state index contributed by atoms with van der Waals surface area (Å²) >= 11 is 7.83. The molecule has 2 aliphatic rings. The maximum atomic E-state index is 6.21. The summed E-state index contributed by atoms with van der Waals surface area (Å²) < 4.78 is 3.26. The predicted octanol–water partition coefficient (Wildman–Crippen LogP) is 2.90. The third-order valence-corrected chi connectivity index (χ3v) is 5.94. The Morgan fingerprint density at radius 2 is 2.09 bits per heavy atom. The fourth-order valence-corrected chi connectivity index (χ4v) is 4.35. The van der Waals surface area contributed by atoms with Crippen molar-refractivity contribution in [3.05, 3.63) is 33.0 Å². The van der Waals surface area contributed by atoms with E-state index in [9.17, 15) is 0 Å². The molecule has 0 unspecified atom stereocenters. The van der Waals surface area contributed by atoms with Crippen molar-refractivity contribution in [3.8, 4) is 0 Å². The lowest BCUT2D eigenvalue weighted by molar-refractivity contribution is 0.200. The SMILES string of the molecule is Cl.Clc1sccc1CN1CCC(c2nnc3n2CCNC3)CC1. The van der Waals surface area contributed by atoms with Crippen LogP contribution in [0.2, 0.25) is 4.34 Å². The van der Waals surface area contributed by atoms with Gasteiger partial charge in [-0.3, -0.25) is 4.90 Å². The summed E-state index contributed by atoms with van der Waals surface area (Å²) in [5, 5.41) is 14.2. The van der Waals surface area contributed by atoms with E-state index in [1.54, 1.807) is 11.3 Å². The van der Waals surface area contributed by atoms with Crippen LogP contribution in [0.25, 0.3) is 0 Å². The van der Waals surface area contributed by atoms with Crippen molar-refractivity contribution < 1.29 is 0 Å². The van der Waals surface area contributed by atoms with Crippen molar-refractivity contribution in [1.29, 1.82) is 0 Å². The van der Waals surface area contributed by atoms with Crippen molar-refractivity contribution in [2.75, 3.05) is 19.6 Å². The van der Waals surface area contributed by atoms with Crippen molar-refractivity contribution in [2.45, 2.75) is 38.4 Å². The third kappa shape index (κ3) is 3.56. The number of rotatable bonds is 3. The van der Waals surface area contributed by atoms with Crippen LogP contribution in [0.4, 0.5) is 0 Å². The summed E-state index contributed by atoms with van der Waals surface area (Å²) in [7, 11) is 0. The minimum atomic E-state index is 0. The normalized spacial score (nSPS) is 19.3. The molecule has 126 valence electrons. The Bertz CT molecular complexity index is 648. The molecule has 0 aliphatic carbocycles. The van der Waals surface area contributed by atoms with Crippen LogP contribution in [0.1, 0.15) is 36.0 Å². The first-order chi connectivity index (χ1) is 10.8. The molecular weight excluding hydrogens is 353 g/mol. The van der Waals surface area contributed by atoms with E-state index in [1.165, 1.54) is 11.4 Å². The van der Waals surface area contributed by atoms with Gasteiger partial charge in [-0.05, 0) is 42.9 Å². The van der Waals surface area contributed by atoms with Crippen molar-refractivity contribution in [3.63, 3.8) is 0 Å². The first-order valence-electron chi connectivity index (χ1n) is 7.88. The lowest BCUT2D eigenvalue weighted by Gasteiger charge is -2.32.